The second-order valence-electron chi connectivity index (χ2n) is 4.50. The molecule has 0 radical (unpaired) electrons. The standard InChI is InChI=1S/C13H20FNO/c1-10(2)7-8-15(3)13-6-4-5-12(14)11(13)9-16/h4-6,10,16H,7-9H2,1-3H3. The van der Waals surface area contributed by atoms with Crippen LogP contribution >= 0.6 is 0 Å². The molecule has 3 heteroatoms. The lowest BCUT2D eigenvalue weighted by Gasteiger charge is -2.23. The van der Waals surface area contributed by atoms with E-state index in [0.717, 1.165) is 18.7 Å². The Balaban J connectivity index is 2.82. The Labute approximate surface area is 96.7 Å². The van der Waals surface area contributed by atoms with Crippen molar-refractivity contribution in [1.29, 1.82) is 0 Å². The van der Waals surface area contributed by atoms with Crippen LogP contribution in [0.25, 0.3) is 0 Å². The van der Waals surface area contributed by atoms with Crippen LogP contribution < -0.4 is 4.90 Å². The van der Waals surface area contributed by atoms with Crippen LogP contribution in [0.5, 0.6) is 0 Å². The van der Waals surface area contributed by atoms with Crippen LogP contribution in [0.4, 0.5) is 10.1 Å². The molecule has 0 atom stereocenters. The molecular weight excluding hydrogens is 205 g/mol. The summed E-state index contributed by atoms with van der Waals surface area (Å²) in [5.41, 5.74) is 1.16. The van der Waals surface area contributed by atoms with Gasteiger partial charge in [0, 0.05) is 24.8 Å². The molecule has 1 rings (SSSR count). The van der Waals surface area contributed by atoms with Gasteiger partial charge in [-0.3, -0.25) is 0 Å². The Kier molecular flexibility index (Phi) is 4.74. The molecular formula is C13H20FNO. The molecule has 0 amide bonds. The first-order chi connectivity index (χ1) is 7.56. The first kappa shape index (κ1) is 13.0. The van der Waals surface area contributed by atoms with E-state index < -0.39 is 0 Å². The Morgan fingerprint density at radius 1 is 1.38 bits per heavy atom. The van der Waals surface area contributed by atoms with Crippen molar-refractivity contribution in [2.24, 2.45) is 5.92 Å². The van der Waals surface area contributed by atoms with Gasteiger partial charge in [0.25, 0.3) is 0 Å². The molecule has 0 fully saturated rings. The molecule has 0 aliphatic heterocycles. The van der Waals surface area contributed by atoms with Crippen LogP contribution in [0.2, 0.25) is 0 Å². The third kappa shape index (κ3) is 3.20. The van der Waals surface area contributed by atoms with E-state index in [4.69, 9.17) is 5.11 Å². The van der Waals surface area contributed by atoms with Crippen LogP contribution in [0.15, 0.2) is 18.2 Å². The smallest absolute Gasteiger partial charge is 0.130 e. The van der Waals surface area contributed by atoms with Crippen molar-refractivity contribution < 1.29 is 9.50 Å². The monoisotopic (exact) mass is 225 g/mol. The quantitative estimate of drug-likeness (QED) is 0.833. The van der Waals surface area contributed by atoms with E-state index in [1.54, 1.807) is 6.07 Å². The molecule has 0 bridgehead atoms. The number of nitrogens with zero attached hydrogens (tertiary/aromatic N) is 1. The molecule has 0 unspecified atom stereocenters. The fourth-order valence-corrected chi connectivity index (χ4v) is 1.63. The van der Waals surface area contributed by atoms with Gasteiger partial charge in [0.2, 0.25) is 0 Å². The molecule has 0 heterocycles. The number of benzene rings is 1. The highest BCUT2D eigenvalue weighted by molar-refractivity contribution is 5.53. The summed E-state index contributed by atoms with van der Waals surface area (Å²) in [4.78, 5) is 1.99. The maximum Gasteiger partial charge on any atom is 0.130 e. The molecule has 0 aromatic heterocycles. The zero-order valence-electron chi connectivity index (χ0n) is 10.2. The number of rotatable bonds is 5. The van der Waals surface area contributed by atoms with Crippen LogP contribution in [0.3, 0.4) is 0 Å². The second kappa shape index (κ2) is 5.85. The van der Waals surface area contributed by atoms with Crippen LogP contribution in [0, 0.1) is 11.7 Å². The maximum atomic E-state index is 13.4. The van der Waals surface area contributed by atoms with Gasteiger partial charge < -0.3 is 10.0 Å². The predicted molar refractivity (Wildman–Crippen MR) is 65.0 cm³/mol. The van der Waals surface area contributed by atoms with Crippen molar-refractivity contribution in [3.05, 3.63) is 29.6 Å². The topological polar surface area (TPSA) is 23.5 Å². The highest BCUT2D eigenvalue weighted by Crippen LogP contribution is 2.22. The minimum atomic E-state index is -0.337. The average molecular weight is 225 g/mol. The summed E-state index contributed by atoms with van der Waals surface area (Å²) in [6.07, 6.45) is 1.05. The SMILES string of the molecule is CC(C)CCN(C)c1cccc(F)c1CO. The van der Waals surface area contributed by atoms with Crippen molar-refractivity contribution in [3.8, 4) is 0 Å². The molecule has 16 heavy (non-hydrogen) atoms. The fraction of sp³-hybridized carbons (Fsp3) is 0.538. The molecule has 90 valence electrons. The van der Waals surface area contributed by atoms with E-state index in [0.29, 0.717) is 11.5 Å². The van der Waals surface area contributed by atoms with Gasteiger partial charge in [0.15, 0.2) is 0 Å². The van der Waals surface area contributed by atoms with Gasteiger partial charge in [0.05, 0.1) is 6.61 Å². The average Bonchev–Trinajstić information content (AvgIpc) is 2.25. The van der Waals surface area contributed by atoms with Crippen molar-refractivity contribution in [2.75, 3.05) is 18.5 Å². The number of aliphatic hydroxyl groups is 1. The van der Waals surface area contributed by atoms with E-state index >= 15 is 0 Å². The lowest BCUT2D eigenvalue weighted by Crippen LogP contribution is -2.21. The molecule has 0 aliphatic rings. The van der Waals surface area contributed by atoms with Crippen molar-refractivity contribution >= 4 is 5.69 Å². The molecule has 0 saturated heterocycles. The highest BCUT2D eigenvalue weighted by Gasteiger charge is 2.11. The number of hydrogen-bond acceptors (Lipinski definition) is 2. The third-order valence-corrected chi connectivity index (χ3v) is 2.71. The van der Waals surface area contributed by atoms with Crippen molar-refractivity contribution in [3.63, 3.8) is 0 Å². The van der Waals surface area contributed by atoms with Crippen molar-refractivity contribution in [2.45, 2.75) is 26.9 Å². The minimum absolute atomic E-state index is 0.256. The van der Waals surface area contributed by atoms with Crippen LogP contribution in [-0.2, 0) is 6.61 Å². The summed E-state index contributed by atoms with van der Waals surface area (Å²) >= 11 is 0. The van der Waals surface area contributed by atoms with E-state index in [9.17, 15) is 4.39 Å². The first-order valence-corrected chi connectivity index (χ1v) is 5.65. The van der Waals surface area contributed by atoms with Gasteiger partial charge in [-0.15, -0.1) is 0 Å². The predicted octanol–water partition coefficient (Wildman–Crippen LogP) is 2.80. The van der Waals surface area contributed by atoms with Crippen LogP contribution in [-0.4, -0.2) is 18.7 Å². The first-order valence-electron chi connectivity index (χ1n) is 5.65. The lowest BCUT2D eigenvalue weighted by atomic mass is 10.1. The second-order valence-corrected chi connectivity index (χ2v) is 4.50. The summed E-state index contributed by atoms with van der Waals surface area (Å²) in [5.74, 6) is 0.282. The lowest BCUT2D eigenvalue weighted by molar-refractivity contribution is 0.276. The molecule has 0 saturated carbocycles. The zero-order chi connectivity index (χ0) is 12.1. The van der Waals surface area contributed by atoms with Gasteiger partial charge >= 0.3 is 0 Å². The largest absolute Gasteiger partial charge is 0.391 e. The summed E-state index contributed by atoms with van der Waals surface area (Å²) in [7, 11) is 1.93. The molecule has 0 spiro atoms. The summed E-state index contributed by atoms with van der Waals surface area (Å²) in [5, 5.41) is 9.16. The van der Waals surface area contributed by atoms with Gasteiger partial charge in [-0.05, 0) is 24.5 Å². The minimum Gasteiger partial charge on any atom is -0.391 e. The number of hydrogen-bond donors (Lipinski definition) is 1. The van der Waals surface area contributed by atoms with E-state index in [1.165, 1.54) is 6.07 Å². The molecule has 1 N–H and O–H groups in total. The van der Waals surface area contributed by atoms with Crippen molar-refractivity contribution in [1.82, 2.24) is 0 Å². The highest BCUT2D eigenvalue weighted by atomic mass is 19.1. The normalized spacial score (nSPS) is 10.9. The van der Waals surface area contributed by atoms with E-state index in [1.807, 2.05) is 18.0 Å². The number of anilines is 1. The molecule has 1 aromatic rings. The van der Waals surface area contributed by atoms with E-state index in [-0.39, 0.29) is 12.4 Å². The van der Waals surface area contributed by atoms with Gasteiger partial charge in [-0.2, -0.15) is 0 Å². The Morgan fingerprint density at radius 3 is 2.62 bits per heavy atom. The Bertz CT molecular complexity index is 339. The number of aliphatic hydroxyl groups excluding tert-OH is 1. The summed E-state index contributed by atoms with van der Waals surface area (Å²) in [6, 6.07) is 4.90. The summed E-state index contributed by atoms with van der Waals surface area (Å²) < 4.78 is 13.4. The van der Waals surface area contributed by atoms with Crippen LogP contribution in [0.1, 0.15) is 25.8 Å². The zero-order valence-corrected chi connectivity index (χ0v) is 10.2. The Morgan fingerprint density at radius 2 is 2.06 bits per heavy atom. The van der Waals surface area contributed by atoms with Gasteiger partial charge in [-0.1, -0.05) is 19.9 Å². The van der Waals surface area contributed by atoms with E-state index in [2.05, 4.69) is 13.8 Å². The molecule has 0 aliphatic carbocycles. The Hall–Kier alpha value is -1.09. The third-order valence-electron chi connectivity index (χ3n) is 2.71. The van der Waals surface area contributed by atoms with Gasteiger partial charge in [-0.25, -0.2) is 4.39 Å². The van der Waals surface area contributed by atoms with Gasteiger partial charge in [0.1, 0.15) is 5.82 Å². The molecule has 2 nitrogen and oxygen atoms in total. The fourth-order valence-electron chi connectivity index (χ4n) is 1.63. The maximum absolute atomic E-state index is 13.4. The summed E-state index contributed by atoms with van der Waals surface area (Å²) in [6.45, 7) is 4.93. The molecule has 1 aromatic carbocycles. The number of halogens is 1.